The van der Waals surface area contributed by atoms with Crippen LogP contribution in [0.1, 0.15) is 25.3 Å². The van der Waals surface area contributed by atoms with Gasteiger partial charge in [-0.3, -0.25) is 4.31 Å². The molecule has 1 aliphatic heterocycles. The number of sulfonamides is 1. The van der Waals surface area contributed by atoms with Crippen LogP contribution in [0.2, 0.25) is 0 Å². The van der Waals surface area contributed by atoms with Gasteiger partial charge in [-0.15, -0.1) is 0 Å². The van der Waals surface area contributed by atoms with E-state index in [1.54, 1.807) is 10.7 Å². The number of halogens is 1. The van der Waals surface area contributed by atoms with Crippen molar-refractivity contribution in [2.45, 2.75) is 30.3 Å². The Balaban J connectivity index is 1.81. The second-order valence-electron chi connectivity index (χ2n) is 5.71. The number of para-hydroxylation sites is 1. The van der Waals surface area contributed by atoms with E-state index in [1.165, 1.54) is 24.4 Å². The molecular formula is C15H16FN3O3S. The minimum atomic E-state index is -3.89. The van der Waals surface area contributed by atoms with Crippen LogP contribution in [0.25, 0.3) is 0 Å². The van der Waals surface area contributed by atoms with E-state index in [-0.39, 0.29) is 35.7 Å². The molecule has 8 heteroatoms. The molecule has 1 saturated carbocycles. The molecule has 122 valence electrons. The van der Waals surface area contributed by atoms with E-state index in [1.807, 2.05) is 0 Å². The zero-order valence-corrected chi connectivity index (χ0v) is 13.2. The van der Waals surface area contributed by atoms with Gasteiger partial charge in [0.2, 0.25) is 0 Å². The van der Waals surface area contributed by atoms with E-state index < -0.39 is 15.8 Å². The molecule has 2 aliphatic rings. The number of hydrogen-bond donors (Lipinski definition) is 0. The highest BCUT2D eigenvalue weighted by atomic mass is 32.2. The lowest BCUT2D eigenvalue weighted by molar-refractivity contribution is 0.270. The van der Waals surface area contributed by atoms with Gasteiger partial charge in [0.05, 0.1) is 18.8 Å². The predicted molar refractivity (Wildman–Crippen MR) is 81.5 cm³/mol. The summed E-state index contributed by atoms with van der Waals surface area (Å²) in [7, 11) is -3.89. The molecule has 4 rings (SSSR count). The van der Waals surface area contributed by atoms with Crippen LogP contribution in [0.3, 0.4) is 0 Å². The smallest absolute Gasteiger partial charge is 0.281 e. The van der Waals surface area contributed by atoms with Crippen LogP contribution in [0.15, 0.2) is 35.5 Å². The minimum absolute atomic E-state index is 0.0277. The molecule has 1 fully saturated rings. The summed E-state index contributed by atoms with van der Waals surface area (Å²) in [6, 6.07) is 5.89. The van der Waals surface area contributed by atoms with Crippen LogP contribution in [0.4, 0.5) is 10.1 Å². The van der Waals surface area contributed by atoms with Crippen LogP contribution in [-0.4, -0.2) is 31.3 Å². The van der Waals surface area contributed by atoms with Gasteiger partial charge in [-0.1, -0.05) is 6.07 Å². The van der Waals surface area contributed by atoms with Gasteiger partial charge in [0.25, 0.3) is 10.0 Å². The number of aromatic nitrogens is 2. The van der Waals surface area contributed by atoms with Gasteiger partial charge in [0, 0.05) is 0 Å². The second kappa shape index (κ2) is 5.23. The van der Waals surface area contributed by atoms with Gasteiger partial charge >= 0.3 is 0 Å². The van der Waals surface area contributed by atoms with Gasteiger partial charge in [-0.25, -0.2) is 9.07 Å². The highest BCUT2D eigenvalue weighted by Crippen LogP contribution is 2.39. The maximum Gasteiger partial charge on any atom is 0.281 e. The second-order valence-corrected chi connectivity index (χ2v) is 7.52. The Labute approximate surface area is 133 Å². The fraction of sp³-hybridized carbons (Fsp3) is 0.400. The van der Waals surface area contributed by atoms with E-state index in [9.17, 15) is 12.8 Å². The number of benzene rings is 1. The topological polar surface area (TPSA) is 64.4 Å². The highest BCUT2D eigenvalue weighted by Gasteiger charge is 2.36. The maximum absolute atomic E-state index is 14.2. The Hall–Kier alpha value is -2.09. The van der Waals surface area contributed by atoms with Crippen molar-refractivity contribution in [1.29, 1.82) is 0 Å². The van der Waals surface area contributed by atoms with Gasteiger partial charge in [0.1, 0.15) is 18.0 Å². The molecule has 1 aromatic heterocycles. The maximum atomic E-state index is 14.2. The summed E-state index contributed by atoms with van der Waals surface area (Å²) in [5.74, 6) is -0.366. The first-order valence-electron chi connectivity index (χ1n) is 7.56. The van der Waals surface area contributed by atoms with E-state index in [0.717, 1.165) is 23.6 Å². The van der Waals surface area contributed by atoms with E-state index in [4.69, 9.17) is 4.74 Å². The molecule has 0 amide bonds. The lowest BCUT2D eigenvalue weighted by Gasteiger charge is -2.32. The van der Waals surface area contributed by atoms with Crippen LogP contribution >= 0.6 is 0 Å². The Morgan fingerprint density at radius 2 is 2.09 bits per heavy atom. The third kappa shape index (κ3) is 2.20. The Kier molecular flexibility index (Phi) is 3.29. The summed E-state index contributed by atoms with van der Waals surface area (Å²) >= 11 is 0. The normalized spacial score (nSPS) is 18.2. The first kappa shape index (κ1) is 14.5. The largest absolute Gasteiger partial charge is 0.489 e. The van der Waals surface area contributed by atoms with Gasteiger partial charge < -0.3 is 4.74 Å². The molecule has 0 N–H and O–H groups in total. The fourth-order valence-corrected chi connectivity index (χ4v) is 4.59. The third-order valence-corrected chi connectivity index (χ3v) is 6.16. The van der Waals surface area contributed by atoms with Crippen LogP contribution in [-0.2, 0) is 10.0 Å². The number of ether oxygens (including phenoxy) is 1. The molecule has 0 saturated heterocycles. The van der Waals surface area contributed by atoms with Crippen LogP contribution in [0.5, 0.6) is 5.75 Å². The van der Waals surface area contributed by atoms with E-state index in [0.29, 0.717) is 0 Å². The molecule has 2 heterocycles. The highest BCUT2D eigenvalue weighted by molar-refractivity contribution is 7.92. The molecule has 23 heavy (non-hydrogen) atoms. The first-order valence-corrected chi connectivity index (χ1v) is 9.00. The van der Waals surface area contributed by atoms with Crippen molar-refractivity contribution in [2.75, 3.05) is 17.5 Å². The minimum Gasteiger partial charge on any atom is -0.489 e. The summed E-state index contributed by atoms with van der Waals surface area (Å²) in [6.07, 6.45) is 4.38. The molecule has 0 bridgehead atoms. The Morgan fingerprint density at radius 1 is 1.26 bits per heavy atom. The quantitative estimate of drug-likeness (QED) is 0.862. The summed E-state index contributed by atoms with van der Waals surface area (Å²) in [5, 5.41) is 4.27. The average Bonchev–Trinajstić information content (AvgIpc) is 2.95. The number of hydrogen-bond acceptors (Lipinski definition) is 4. The molecule has 1 aromatic carbocycles. The summed E-state index contributed by atoms with van der Waals surface area (Å²) in [5.41, 5.74) is -0.0277. The van der Waals surface area contributed by atoms with Crippen molar-refractivity contribution >= 4 is 15.7 Å². The predicted octanol–water partition coefficient (Wildman–Crippen LogP) is 2.33. The molecule has 1 aliphatic carbocycles. The monoisotopic (exact) mass is 337 g/mol. The zero-order valence-electron chi connectivity index (χ0n) is 12.4. The lowest BCUT2D eigenvalue weighted by atomic mass is 9.93. The Morgan fingerprint density at radius 3 is 2.83 bits per heavy atom. The summed E-state index contributed by atoms with van der Waals surface area (Å²) in [6.45, 7) is 0.263. The van der Waals surface area contributed by atoms with Crippen molar-refractivity contribution in [3.05, 3.63) is 36.3 Å². The summed E-state index contributed by atoms with van der Waals surface area (Å²) < 4.78 is 48.4. The number of anilines is 1. The van der Waals surface area contributed by atoms with Crippen molar-refractivity contribution in [1.82, 2.24) is 9.78 Å². The van der Waals surface area contributed by atoms with Gasteiger partial charge in [-0.2, -0.15) is 13.5 Å². The Bertz CT molecular complexity index is 845. The number of nitrogens with zero attached hydrogens (tertiary/aromatic N) is 3. The van der Waals surface area contributed by atoms with Crippen LogP contribution < -0.4 is 9.04 Å². The summed E-state index contributed by atoms with van der Waals surface area (Å²) in [4.78, 5) is 0. The first-order chi connectivity index (χ1) is 11.1. The van der Waals surface area contributed by atoms with Crippen molar-refractivity contribution in [3.8, 4) is 5.75 Å². The van der Waals surface area contributed by atoms with E-state index in [2.05, 4.69) is 5.10 Å². The molecule has 0 unspecified atom stereocenters. The van der Waals surface area contributed by atoms with Crippen LogP contribution in [0, 0.1) is 5.82 Å². The SMILES string of the molecule is O=S(=O)(c1ccnn1C1CCC1)N1CCOc2cccc(F)c21. The average molecular weight is 337 g/mol. The van der Waals surface area contributed by atoms with Crippen molar-refractivity contribution in [3.63, 3.8) is 0 Å². The van der Waals surface area contributed by atoms with Gasteiger partial charge in [0.15, 0.2) is 10.8 Å². The molecule has 0 atom stereocenters. The zero-order chi connectivity index (χ0) is 16.0. The molecule has 0 spiro atoms. The van der Waals surface area contributed by atoms with Gasteiger partial charge in [-0.05, 0) is 37.5 Å². The number of fused-ring (bicyclic) bond motifs is 1. The van der Waals surface area contributed by atoms with E-state index >= 15 is 0 Å². The standard InChI is InChI=1S/C15H16FN3O3S/c16-12-5-2-6-13-15(12)18(9-10-22-13)23(20,21)14-7-8-17-19(14)11-3-1-4-11/h2,5-8,11H,1,3-4,9-10H2. The fourth-order valence-electron chi connectivity index (χ4n) is 2.97. The number of rotatable bonds is 3. The molecule has 2 aromatic rings. The molecule has 6 nitrogen and oxygen atoms in total. The van der Waals surface area contributed by atoms with Crippen molar-refractivity contribution < 1.29 is 17.5 Å². The van der Waals surface area contributed by atoms with Crippen molar-refractivity contribution in [2.24, 2.45) is 0 Å². The lowest BCUT2D eigenvalue weighted by Crippen LogP contribution is -2.40. The molecular weight excluding hydrogens is 321 g/mol. The third-order valence-electron chi connectivity index (χ3n) is 4.36. The molecule has 0 radical (unpaired) electrons.